The quantitative estimate of drug-likeness (QED) is 0.837. The highest BCUT2D eigenvalue weighted by molar-refractivity contribution is 6.07. The predicted octanol–water partition coefficient (Wildman–Crippen LogP) is 1.81. The minimum Gasteiger partial charge on any atom is -0.308 e. The van der Waals surface area contributed by atoms with Crippen LogP contribution in [0, 0.1) is 5.92 Å². The van der Waals surface area contributed by atoms with Crippen LogP contribution < -0.4 is 10.6 Å². The summed E-state index contributed by atoms with van der Waals surface area (Å²) >= 11 is 0. The second kappa shape index (κ2) is 5.09. The second-order valence-electron chi connectivity index (χ2n) is 6.73. The van der Waals surface area contributed by atoms with Gasteiger partial charge in [0.25, 0.3) is 5.91 Å². The number of carbonyl (C=O) groups is 2. The first-order chi connectivity index (χ1) is 10.7. The molecule has 5 nitrogen and oxygen atoms in total. The van der Waals surface area contributed by atoms with E-state index >= 15 is 0 Å². The number of benzene rings is 1. The molecule has 2 heterocycles. The van der Waals surface area contributed by atoms with E-state index in [9.17, 15) is 9.59 Å². The first-order valence-corrected chi connectivity index (χ1v) is 8.10. The number of hydrogen-bond acceptors (Lipinski definition) is 3. The van der Waals surface area contributed by atoms with Gasteiger partial charge in [0.1, 0.15) is 5.54 Å². The Morgan fingerprint density at radius 2 is 1.91 bits per heavy atom. The maximum atomic E-state index is 12.4. The third kappa shape index (κ3) is 2.20. The molecule has 1 aromatic rings. The van der Waals surface area contributed by atoms with Gasteiger partial charge < -0.3 is 10.2 Å². The Hall–Kier alpha value is -1.88. The van der Waals surface area contributed by atoms with Crippen LogP contribution in [0.25, 0.3) is 0 Å². The van der Waals surface area contributed by atoms with E-state index in [1.807, 2.05) is 18.2 Å². The molecule has 22 heavy (non-hydrogen) atoms. The number of rotatable bonds is 3. The Morgan fingerprint density at radius 1 is 1.14 bits per heavy atom. The minimum absolute atomic E-state index is 0.128. The van der Waals surface area contributed by atoms with Gasteiger partial charge in [-0.05, 0) is 37.2 Å². The van der Waals surface area contributed by atoms with E-state index < -0.39 is 5.54 Å². The number of amides is 3. The topological polar surface area (TPSA) is 61.4 Å². The lowest BCUT2D eigenvalue weighted by molar-refractivity contribution is -0.128. The van der Waals surface area contributed by atoms with Gasteiger partial charge >= 0.3 is 6.03 Å². The standard InChI is InChI=1S/C17H21N3O2/c21-15-17(20(16(22)19-15)10-12-6-7-12)9-8-14(18-11-17)13-4-2-1-3-5-13/h1-5,12,14,18H,6-11H2,(H,19,21,22)/t14-,17?/m0/s1. The Labute approximate surface area is 130 Å². The third-order valence-electron chi connectivity index (χ3n) is 5.23. The summed E-state index contributed by atoms with van der Waals surface area (Å²) in [5.74, 6) is 0.456. The Balaban J connectivity index is 1.52. The number of imide groups is 1. The van der Waals surface area contributed by atoms with Gasteiger partial charge in [-0.25, -0.2) is 4.79 Å². The number of urea groups is 1. The molecule has 0 aromatic heterocycles. The van der Waals surface area contributed by atoms with Crippen LogP contribution in [-0.2, 0) is 4.79 Å². The molecule has 3 amide bonds. The van der Waals surface area contributed by atoms with Crippen molar-refractivity contribution in [2.24, 2.45) is 5.92 Å². The summed E-state index contributed by atoms with van der Waals surface area (Å²) in [6, 6.07) is 10.3. The van der Waals surface area contributed by atoms with E-state index in [0.29, 0.717) is 12.5 Å². The van der Waals surface area contributed by atoms with Crippen LogP contribution in [0.4, 0.5) is 4.79 Å². The fourth-order valence-corrected chi connectivity index (χ4v) is 3.67. The number of carbonyl (C=O) groups excluding carboxylic acids is 2. The average Bonchev–Trinajstić information content (AvgIpc) is 3.34. The molecule has 2 aliphatic heterocycles. The van der Waals surface area contributed by atoms with Gasteiger partial charge in [-0.2, -0.15) is 0 Å². The molecule has 0 radical (unpaired) electrons. The van der Waals surface area contributed by atoms with Gasteiger partial charge in [-0.15, -0.1) is 0 Å². The first-order valence-electron chi connectivity index (χ1n) is 8.10. The molecule has 0 bridgehead atoms. The lowest BCUT2D eigenvalue weighted by atomic mass is 9.83. The number of hydrogen-bond donors (Lipinski definition) is 2. The van der Waals surface area contributed by atoms with Crippen molar-refractivity contribution in [1.82, 2.24) is 15.5 Å². The number of nitrogens with one attached hydrogen (secondary N) is 2. The zero-order valence-electron chi connectivity index (χ0n) is 12.5. The molecule has 2 N–H and O–H groups in total. The van der Waals surface area contributed by atoms with E-state index in [0.717, 1.165) is 19.4 Å². The van der Waals surface area contributed by atoms with Crippen molar-refractivity contribution in [3.63, 3.8) is 0 Å². The lowest BCUT2D eigenvalue weighted by Crippen LogP contribution is -2.59. The summed E-state index contributed by atoms with van der Waals surface area (Å²) in [5, 5.41) is 6.01. The third-order valence-corrected chi connectivity index (χ3v) is 5.23. The van der Waals surface area contributed by atoms with Crippen LogP contribution in [0.5, 0.6) is 0 Å². The van der Waals surface area contributed by atoms with Crippen LogP contribution in [0.15, 0.2) is 30.3 Å². The summed E-state index contributed by atoms with van der Waals surface area (Å²) in [7, 11) is 0. The Morgan fingerprint density at radius 3 is 2.55 bits per heavy atom. The monoisotopic (exact) mass is 299 g/mol. The molecule has 1 aromatic carbocycles. The van der Waals surface area contributed by atoms with E-state index in [2.05, 4.69) is 22.8 Å². The molecule has 3 aliphatic rings. The molecule has 5 heteroatoms. The second-order valence-corrected chi connectivity index (χ2v) is 6.73. The van der Waals surface area contributed by atoms with Gasteiger partial charge in [0.2, 0.25) is 0 Å². The SMILES string of the molecule is O=C1NC(=O)C2(CC[C@@H](c3ccccc3)NC2)N1CC1CC1. The van der Waals surface area contributed by atoms with E-state index in [-0.39, 0.29) is 18.0 Å². The van der Waals surface area contributed by atoms with E-state index in [1.54, 1.807) is 4.90 Å². The highest BCUT2D eigenvalue weighted by Gasteiger charge is 2.55. The van der Waals surface area contributed by atoms with Gasteiger partial charge in [0.15, 0.2) is 0 Å². The first kappa shape index (κ1) is 13.8. The van der Waals surface area contributed by atoms with Crippen molar-refractivity contribution in [2.45, 2.75) is 37.3 Å². The maximum absolute atomic E-state index is 12.4. The van der Waals surface area contributed by atoms with Crippen LogP contribution in [0.1, 0.15) is 37.3 Å². The number of piperidine rings is 1. The molecule has 1 unspecified atom stereocenters. The Kier molecular flexibility index (Phi) is 3.18. The molecule has 2 atom stereocenters. The maximum Gasteiger partial charge on any atom is 0.325 e. The van der Waals surface area contributed by atoms with E-state index in [4.69, 9.17) is 0 Å². The predicted molar refractivity (Wildman–Crippen MR) is 82.1 cm³/mol. The van der Waals surface area contributed by atoms with Gasteiger partial charge in [0.05, 0.1) is 0 Å². The summed E-state index contributed by atoms with van der Waals surface area (Å²) in [6.07, 6.45) is 3.94. The lowest BCUT2D eigenvalue weighted by Gasteiger charge is -2.41. The van der Waals surface area contributed by atoms with Crippen molar-refractivity contribution < 1.29 is 9.59 Å². The highest BCUT2D eigenvalue weighted by Crippen LogP contribution is 2.38. The van der Waals surface area contributed by atoms with E-state index in [1.165, 1.54) is 18.4 Å². The van der Waals surface area contributed by atoms with Crippen molar-refractivity contribution in [3.8, 4) is 0 Å². The highest BCUT2D eigenvalue weighted by atomic mass is 16.2. The zero-order chi connectivity index (χ0) is 15.2. The van der Waals surface area contributed by atoms with Crippen LogP contribution in [-0.4, -0.2) is 35.5 Å². The van der Waals surface area contributed by atoms with Crippen molar-refractivity contribution >= 4 is 11.9 Å². The molecule has 1 aliphatic carbocycles. The molecular weight excluding hydrogens is 278 g/mol. The molecular formula is C17H21N3O2. The fourth-order valence-electron chi connectivity index (χ4n) is 3.67. The minimum atomic E-state index is -0.676. The van der Waals surface area contributed by atoms with Crippen LogP contribution in [0.3, 0.4) is 0 Å². The summed E-state index contributed by atoms with van der Waals surface area (Å²) in [6.45, 7) is 1.26. The molecule has 2 saturated heterocycles. The van der Waals surface area contributed by atoms with Gasteiger partial charge in [-0.3, -0.25) is 10.1 Å². The van der Waals surface area contributed by atoms with Crippen LogP contribution in [0.2, 0.25) is 0 Å². The molecule has 116 valence electrons. The Bertz CT molecular complexity index is 589. The van der Waals surface area contributed by atoms with Crippen molar-refractivity contribution in [2.75, 3.05) is 13.1 Å². The van der Waals surface area contributed by atoms with Crippen LogP contribution >= 0.6 is 0 Å². The van der Waals surface area contributed by atoms with Gasteiger partial charge in [-0.1, -0.05) is 30.3 Å². The van der Waals surface area contributed by atoms with Crippen molar-refractivity contribution in [3.05, 3.63) is 35.9 Å². The normalized spacial score (nSPS) is 31.6. The fraction of sp³-hybridized carbons (Fsp3) is 0.529. The van der Waals surface area contributed by atoms with Crippen molar-refractivity contribution in [1.29, 1.82) is 0 Å². The molecule has 3 fully saturated rings. The largest absolute Gasteiger partial charge is 0.325 e. The summed E-state index contributed by atoms with van der Waals surface area (Å²) < 4.78 is 0. The summed E-state index contributed by atoms with van der Waals surface area (Å²) in [5.41, 5.74) is 0.570. The zero-order valence-corrected chi connectivity index (χ0v) is 12.5. The smallest absolute Gasteiger partial charge is 0.308 e. The molecule has 4 rings (SSSR count). The number of nitrogens with zero attached hydrogens (tertiary/aromatic N) is 1. The molecule has 1 saturated carbocycles. The average molecular weight is 299 g/mol. The van der Waals surface area contributed by atoms with Gasteiger partial charge in [0, 0.05) is 19.1 Å². The molecule has 1 spiro atoms. The summed E-state index contributed by atoms with van der Waals surface area (Å²) in [4.78, 5) is 26.3.